The lowest BCUT2D eigenvalue weighted by Gasteiger charge is -2.21. The number of aromatic nitrogens is 4. The molecule has 25 heavy (non-hydrogen) atoms. The number of aryl methyl sites for hydroxylation is 1. The van der Waals surface area contributed by atoms with Gasteiger partial charge in [-0.05, 0) is 38.0 Å². The Morgan fingerprint density at radius 2 is 2.20 bits per heavy atom. The molecule has 0 spiro atoms. The van der Waals surface area contributed by atoms with Gasteiger partial charge in [-0.2, -0.15) is 5.10 Å². The van der Waals surface area contributed by atoms with Crippen molar-refractivity contribution in [1.29, 1.82) is 0 Å². The van der Waals surface area contributed by atoms with Gasteiger partial charge in [0.15, 0.2) is 0 Å². The number of aliphatic hydroxyl groups excluding tert-OH is 1. The minimum Gasteiger partial charge on any atom is -0.385 e. The van der Waals surface area contributed by atoms with Crippen LogP contribution in [0.25, 0.3) is 10.2 Å². The second-order valence-corrected chi connectivity index (χ2v) is 7.59. The first-order valence-electron chi connectivity index (χ1n) is 8.44. The van der Waals surface area contributed by atoms with Crippen molar-refractivity contribution in [2.45, 2.75) is 25.6 Å². The number of anilines is 1. The third kappa shape index (κ3) is 3.24. The number of thiophene rings is 1. The number of likely N-dealkylation sites (N-methyl/N-ethyl adjacent to an activating group) is 1. The maximum atomic E-state index is 10.4. The molecule has 4 heterocycles. The monoisotopic (exact) mass is 358 g/mol. The standard InChI is InChI=1S/C17H22N6OS/c1-21(2)10-15(24)14-8-12-9-22(5-3-6-23(12)20-14)17-16-13(4-7-25-16)18-11-19-17/h4,7-8,11,15,24H,3,5-6,9-10H2,1-2H3/t15-/m1/s1. The first-order valence-corrected chi connectivity index (χ1v) is 9.32. The van der Waals surface area contributed by atoms with E-state index in [1.807, 2.05) is 35.8 Å². The van der Waals surface area contributed by atoms with E-state index in [1.54, 1.807) is 17.7 Å². The topological polar surface area (TPSA) is 70.3 Å². The van der Waals surface area contributed by atoms with Crippen molar-refractivity contribution in [2.24, 2.45) is 0 Å². The number of fused-ring (bicyclic) bond motifs is 2. The number of hydrogen-bond acceptors (Lipinski definition) is 7. The van der Waals surface area contributed by atoms with Crippen LogP contribution >= 0.6 is 11.3 Å². The average Bonchev–Trinajstić information content (AvgIpc) is 3.16. The molecule has 132 valence electrons. The van der Waals surface area contributed by atoms with Crippen LogP contribution in [0.4, 0.5) is 5.82 Å². The molecule has 7 nitrogen and oxygen atoms in total. The van der Waals surface area contributed by atoms with Crippen molar-refractivity contribution in [3.63, 3.8) is 0 Å². The normalized spacial score (nSPS) is 16.2. The maximum absolute atomic E-state index is 10.4. The van der Waals surface area contributed by atoms with Crippen LogP contribution in [0.3, 0.4) is 0 Å². The molecule has 0 fully saturated rings. The Bertz CT molecular complexity index is 873. The molecular weight excluding hydrogens is 336 g/mol. The third-order valence-corrected chi connectivity index (χ3v) is 5.34. The minimum atomic E-state index is -0.564. The molecule has 0 radical (unpaired) electrons. The van der Waals surface area contributed by atoms with E-state index < -0.39 is 6.10 Å². The van der Waals surface area contributed by atoms with Crippen LogP contribution in [0.5, 0.6) is 0 Å². The first-order chi connectivity index (χ1) is 12.1. The van der Waals surface area contributed by atoms with Crippen LogP contribution in [0.2, 0.25) is 0 Å². The molecule has 0 amide bonds. The Balaban J connectivity index is 1.63. The van der Waals surface area contributed by atoms with Crippen LogP contribution in [0.15, 0.2) is 23.8 Å². The predicted octanol–water partition coefficient (Wildman–Crippen LogP) is 1.89. The fourth-order valence-corrected chi connectivity index (χ4v) is 4.13. The summed E-state index contributed by atoms with van der Waals surface area (Å²) in [5, 5.41) is 17.0. The number of nitrogens with zero attached hydrogens (tertiary/aromatic N) is 6. The van der Waals surface area contributed by atoms with Crippen LogP contribution < -0.4 is 4.90 Å². The summed E-state index contributed by atoms with van der Waals surface area (Å²) in [6.07, 6.45) is 2.07. The molecule has 4 rings (SSSR count). The first kappa shape index (κ1) is 16.4. The number of hydrogen-bond donors (Lipinski definition) is 1. The van der Waals surface area contributed by atoms with Gasteiger partial charge in [-0.3, -0.25) is 4.68 Å². The number of rotatable bonds is 4. The van der Waals surface area contributed by atoms with Gasteiger partial charge >= 0.3 is 0 Å². The van der Waals surface area contributed by atoms with Gasteiger partial charge in [0, 0.05) is 19.6 Å². The van der Waals surface area contributed by atoms with Crippen molar-refractivity contribution >= 4 is 27.4 Å². The Morgan fingerprint density at radius 3 is 3.04 bits per heavy atom. The minimum absolute atomic E-state index is 0.564. The van der Waals surface area contributed by atoms with Gasteiger partial charge in [-0.15, -0.1) is 11.3 Å². The van der Waals surface area contributed by atoms with Crippen LogP contribution in [0, 0.1) is 0 Å². The molecule has 1 aliphatic heterocycles. The van der Waals surface area contributed by atoms with Gasteiger partial charge in [-0.1, -0.05) is 0 Å². The number of aliphatic hydroxyl groups is 1. The lowest BCUT2D eigenvalue weighted by molar-refractivity contribution is 0.133. The summed E-state index contributed by atoms with van der Waals surface area (Å²) >= 11 is 1.68. The highest BCUT2D eigenvalue weighted by molar-refractivity contribution is 7.17. The summed E-state index contributed by atoms with van der Waals surface area (Å²) < 4.78 is 3.16. The van der Waals surface area contributed by atoms with E-state index in [1.165, 1.54) is 0 Å². The van der Waals surface area contributed by atoms with Gasteiger partial charge < -0.3 is 14.9 Å². The Labute approximate surface area is 150 Å². The van der Waals surface area contributed by atoms with E-state index in [9.17, 15) is 5.11 Å². The smallest absolute Gasteiger partial charge is 0.150 e. The largest absolute Gasteiger partial charge is 0.385 e. The fraction of sp³-hybridized carbons (Fsp3) is 0.471. The molecule has 3 aromatic rings. The van der Waals surface area contributed by atoms with Crippen molar-refractivity contribution in [1.82, 2.24) is 24.6 Å². The zero-order valence-corrected chi connectivity index (χ0v) is 15.3. The van der Waals surface area contributed by atoms with E-state index in [4.69, 9.17) is 0 Å². The average molecular weight is 358 g/mol. The summed E-state index contributed by atoms with van der Waals surface area (Å²) in [6, 6.07) is 4.06. The summed E-state index contributed by atoms with van der Waals surface area (Å²) in [5.41, 5.74) is 2.86. The summed E-state index contributed by atoms with van der Waals surface area (Å²) in [7, 11) is 3.90. The molecule has 1 N–H and O–H groups in total. The van der Waals surface area contributed by atoms with E-state index in [-0.39, 0.29) is 0 Å². The van der Waals surface area contributed by atoms with Crippen molar-refractivity contribution in [3.8, 4) is 0 Å². The highest BCUT2D eigenvalue weighted by Crippen LogP contribution is 2.30. The lowest BCUT2D eigenvalue weighted by Crippen LogP contribution is -2.23. The molecular formula is C17H22N6OS. The highest BCUT2D eigenvalue weighted by atomic mass is 32.1. The third-order valence-electron chi connectivity index (χ3n) is 4.44. The van der Waals surface area contributed by atoms with Crippen molar-refractivity contribution in [2.75, 3.05) is 32.1 Å². The molecule has 0 aromatic carbocycles. The molecule has 3 aromatic heterocycles. The second kappa shape index (κ2) is 6.70. The molecule has 0 bridgehead atoms. The fourth-order valence-electron chi connectivity index (χ4n) is 3.27. The van der Waals surface area contributed by atoms with E-state index >= 15 is 0 Å². The maximum Gasteiger partial charge on any atom is 0.150 e. The lowest BCUT2D eigenvalue weighted by atomic mass is 10.2. The van der Waals surface area contributed by atoms with Crippen LogP contribution in [-0.4, -0.2) is 56.9 Å². The Hall–Kier alpha value is -2.03. The molecule has 0 aliphatic carbocycles. The van der Waals surface area contributed by atoms with E-state index in [0.29, 0.717) is 6.54 Å². The van der Waals surface area contributed by atoms with E-state index in [0.717, 1.165) is 53.5 Å². The second-order valence-electron chi connectivity index (χ2n) is 6.67. The van der Waals surface area contributed by atoms with Gasteiger partial charge in [-0.25, -0.2) is 9.97 Å². The summed E-state index contributed by atoms with van der Waals surface area (Å²) in [6.45, 7) is 3.11. The molecule has 8 heteroatoms. The zero-order valence-electron chi connectivity index (χ0n) is 14.5. The van der Waals surface area contributed by atoms with Crippen LogP contribution in [-0.2, 0) is 13.1 Å². The highest BCUT2D eigenvalue weighted by Gasteiger charge is 2.22. The summed E-state index contributed by atoms with van der Waals surface area (Å²) in [4.78, 5) is 13.1. The quantitative estimate of drug-likeness (QED) is 0.768. The molecule has 1 atom stereocenters. The predicted molar refractivity (Wildman–Crippen MR) is 98.8 cm³/mol. The van der Waals surface area contributed by atoms with Gasteiger partial charge in [0.25, 0.3) is 0 Å². The van der Waals surface area contributed by atoms with Gasteiger partial charge in [0.1, 0.15) is 18.2 Å². The van der Waals surface area contributed by atoms with Crippen molar-refractivity contribution in [3.05, 3.63) is 35.2 Å². The van der Waals surface area contributed by atoms with E-state index in [2.05, 4.69) is 25.3 Å². The Morgan fingerprint density at radius 1 is 1.32 bits per heavy atom. The van der Waals surface area contributed by atoms with Crippen molar-refractivity contribution < 1.29 is 5.11 Å². The van der Waals surface area contributed by atoms with Crippen LogP contribution in [0.1, 0.15) is 23.9 Å². The molecule has 0 saturated carbocycles. The molecule has 0 unspecified atom stereocenters. The zero-order chi connectivity index (χ0) is 17.4. The molecule has 1 aliphatic rings. The molecule has 0 saturated heterocycles. The Kier molecular flexibility index (Phi) is 4.41. The summed E-state index contributed by atoms with van der Waals surface area (Å²) in [5.74, 6) is 0.991. The van der Waals surface area contributed by atoms with Gasteiger partial charge in [0.2, 0.25) is 0 Å². The SMILES string of the molecule is CN(C)C[C@@H](O)c1cc2n(n1)CCCN(c1ncnc3ccsc13)C2. The van der Waals surface area contributed by atoms with Gasteiger partial charge in [0.05, 0.1) is 28.1 Å².